The van der Waals surface area contributed by atoms with Gasteiger partial charge >= 0.3 is 15.6 Å². The molecule has 0 rings (SSSR count). The monoisotopic (exact) mass is 116 g/mol. The highest BCUT2D eigenvalue weighted by Gasteiger charge is 1.87. The highest BCUT2D eigenvalue weighted by atomic mass is 27.1. The van der Waals surface area contributed by atoms with E-state index in [1.165, 1.54) is 11.7 Å². The van der Waals surface area contributed by atoms with E-state index >= 15 is 0 Å². The molecule has 0 aromatic carbocycles. The van der Waals surface area contributed by atoms with Gasteiger partial charge in [-0.05, 0) is 6.92 Å². The highest BCUT2D eigenvalue weighted by molar-refractivity contribution is 6.26. The second-order valence-corrected chi connectivity index (χ2v) is 3.07. The van der Waals surface area contributed by atoms with Gasteiger partial charge in [-0.1, -0.05) is 18.6 Å². The normalized spacial score (nSPS) is 8.86. The molecule has 0 aliphatic rings. The minimum absolute atomic E-state index is 0.0887. The van der Waals surface area contributed by atoms with Crippen molar-refractivity contribution in [3.05, 3.63) is 0 Å². The average Bonchev–Trinajstić information content (AvgIpc) is 1.69. The van der Waals surface area contributed by atoms with Gasteiger partial charge in [-0.15, -0.1) is 0 Å². The molecule has 7 heavy (non-hydrogen) atoms. The van der Waals surface area contributed by atoms with Crippen LogP contribution in [0, 0.1) is 0 Å². The van der Waals surface area contributed by atoms with Crippen LogP contribution < -0.4 is 0 Å². The van der Waals surface area contributed by atoms with E-state index in [0.29, 0.717) is 0 Å². The van der Waals surface area contributed by atoms with E-state index in [9.17, 15) is 0 Å². The van der Waals surface area contributed by atoms with Crippen molar-refractivity contribution in [1.82, 2.24) is 0 Å². The van der Waals surface area contributed by atoms with Gasteiger partial charge in [-0.2, -0.15) is 0 Å². The van der Waals surface area contributed by atoms with Gasteiger partial charge in [0.25, 0.3) is 0 Å². The molecule has 42 valence electrons. The van der Waals surface area contributed by atoms with Gasteiger partial charge in [0, 0.05) is 6.61 Å². The fourth-order valence-corrected chi connectivity index (χ4v) is 1.17. The van der Waals surface area contributed by atoms with Gasteiger partial charge in [-0.25, -0.2) is 0 Å². The first-order valence-corrected chi connectivity index (χ1v) is 4.57. The van der Waals surface area contributed by atoms with Crippen molar-refractivity contribution in [2.45, 2.75) is 25.6 Å². The molecular formula is C5H13AlO. The lowest BCUT2D eigenvalue weighted by molar-refractivity contribution is 0.359. The van der Waals surface area contributed by atoms with Gasteiger partial charge < -0.3 is 3.79 Å². The molecule has 0 radical (unpaired) electrons. The zero-order valence-electron chi connectivity index (χ0n) is 5.24. The summed E-state index contributed by atoms with van der Waals surface area (Å²) in [5.74, 6) is 0. The Hall–Kier alpha value is 0.492. The van der Waals surface area contributed by atoms with E-state index in [4.69, 9.17) is 3.79 Å². The molecule has 0 saturated carbocycles. The van der Waals surface area contributed by atoms with Crippen molar-refractivity contribution in [2.24, 2.45) is 0 Å². The van der Waals surface area contributed by atoms with Crippen LogP contribution in [0.3, 0.4) is 0 Å². The third kappa shape index (κ3) is 6.49. The molecule has 0 aromatic heterocycles. The summed E-state index contributed by atoms with van der Waals surface area (Å²) < 4.78 is 5.21. The Morgan fingerprint density at radius 1 is 1.43 bits per heavy atom. The molecule has 0 aliphatic carbocycles. The molecule has 0 aliphatic heterocycles. The third-order valence-corrected chi connectivity index (χ3v) is 2.54. The first-order chi connectivity index (χ1) is 3.41. The van der Waals surface area contributed by atoms with Crippen molar-refractivity contribution >= 4 is 15.6 Å². The smallest absolute Gasteiger partial charge is 0.435 e. The summed E-state index contributed by atoms with van der Waals surface area (Å²) in [6.07, 6.45) is 1.30. The van der Waals surface area contributed by atoms with Gasteiger partial charge in [0.05, 0.1) is 0 Å². The van der Waals surface area contributed by atoms with Gasteiger partial charge in [0.2, 0.25) is 0 Å². The number of rotatable bonds is 4. The number of hydrogen-bond acceptors (Lipinski definition) is 1. The van der Waals surface area contributed by atoms with Crippen molar-refractivity contribution in [1.29, 1.82) is 0 Å². The van der Waals surface area contributed by atoms with E-state index in [2.05, 4.69) is 13.8 Å². The first kappa shape index (κ1) is 7.49. The largest absolute Gasteiger partial charge is 0.503 e. The molecule has 0 heterocycles. The molecule has 0 spiro atoms. The molecule has 0 bridgehead atoms. The molecular weight excluding hydrogens is 103 g/mol. The summed E-state index contributed by atoms with van der Waals surface area (Å²) in [5.41, 5.74) is 0. The highest BCUT2D eigenvalue weighted by Crippen LogP contribution is 1.84. The SMILES string of the molecule is CC[CH2][AlH][O]CC. The Balaban J connectivity index is 2.45. The summed E-state index contributed by atoms with van der Waals surface area (Å²) in [7, 11) is 0. The van der Waals surface area contributed by atoms with Crippen LogP contribution in [0.4, 0.5) is 0 Å². The van der Waals surface area contributed by atoms with Crippen molar-refractivity contribution in [2.75, 3.05) is 6.61 Å². The molecule has 0 amide bonds. The molecule has 0 atom stereocenters. The Bertz CT molecular complexity index is 27.3. The van der Waals surface area contributed by atoms with Crippen molar-refractivity contribution < 1.29 is 3.79 Å². The van der Waals surface area contributed by atoms with E-state index in [1.807, 2.05) is 0 Å². The second kappa shape index (κ2) is 6.49. The predicted molar refractivity (Wildman–Crippen MR) is 33.9 cm³/mol. The van der Waals surface area contributed by atoms with Crippen LogP contribution in [-0.2, 0) is 3.79 Å². The van der Waals surface area contributed by atoms with Gasteiger partial charge in [0.15, 0.2) is 0 Å². The Kier molecular flexibility index (Phi) is 6.95. The zero-order valence-corrected chi connectivity index (χ0v) is 6.65. The van der Waals surface area contributed by atoms with Crippen LogP contribution in [0.5, 0.6) is 0 Å². The molecule has 0 unspecified atom stereocenters. The van der Waals surface area contributed by atoms with Crippen LogP contribution >= 0.6 is 0 Å². The maximum Gasteiger partial charge on any atom is 0.435 e. The molecule has 0 N–H and O–H groups in total. The topological polar surface area (TPSA) is 9.23 Å². The van der Waals surface area contributed by atoms with Crippen LogP contribution in [0.2, 0.25) is 5.28 Å². The van der Waals surface area contributed by atoms with Crippen LogP contribution in [0.25, 0.3) is 0 Å². The lowest BCUT2D eigenvalue weighted by Crippen LogP contribution is -1.95. The first-order valence-electron chi connectivity index (χ1n) is 2.99. The standard InChI is InChI=1S/C3H7.C2H5O.Al.H/c1-3-2;1-2-3;;/h1,3H2,2H3;2H2,1H3;;/q;-1;+1;. The predicted octanol–water partition coefficient (Wildman–Crippen LogP) is 1.20. The summed E-state index contributed by atoms with van der Waals surface area (Å²) in [6.45, 7) is 5.18. The van der Waals surface area contributed by atoms with E-state index in [0.717, 1.165) is 6.61 Å². The Labute approximate surface area is 52.1 Å². The van der Waals surface area contributed by atoms with Crippen LogP contribution in [0.1, 0.15) is 20.3 Å². The van der Waals surface area contributed by atoms with Crippen LogP contribution in [-0.4, -0.2) is 22.2 Å². The van der Waals surface area contributed by atoms with E-state index in [1.54, 1.807) is 0 Å². The maximum absolute atomic E-state index is 5.21. The van der Waals surface area contributed by atoms with Crippen molar-refractivity contribution in [3.63, 3.8) is 0 Å². The molecule has 0 saturated heterocycles. The fraction of sp³-hybridized carbons (Fsp3) is 1.00. The molecule has 0 aromatic rings. The fourth-order valence-electron chi connectivity index (χ4n) is 0.391. The summed E-state index contributed by atoms with van der Waals surface area (Å²) in [4.78, 5) is 0. The third-order valence-electron chi connectivity index (χ3n) is 0.846. The lowest BCUT2D eigenvalue weighted by atomic mass is 10.6. The Morgan fingerprint density at radius 3 is 2.57 bits per heavy atom. The molecule has 0 fully saturated rings. The number of hydrogen-bond donors (Lipinski definition) is 0. The average molecular weight is 116 g/mol. The van der Waals surface area contributed by atoms with Crippen LogP contribution in [0.15, 0.2) is 0 Å². The minimum atomic E-state index is -0.0887. The minimum Gasteiger partial charge on any atom is -0.503 e. The van der Waals surface area contributed by atoms with Gasteiger partial charge in [0.1, 0.15) is 0 Å². The Morgan fingerprint density at radius 2 is 2.14 bits per heavy atom. The zero-order chi connectivity index (χ0) is 5.54. The second-order valence-electron chi connectivity index (χ2n) is 1.55. The lowest BCUT2D eigenvalue weighted by Gasteiger charge is -1.92. The summed E-state index contributed by atoms with van der Waals surface area (Å²) in [5, 5.41) is 1.34. The quantitative estimate of drug-likeness (QED) is 0.396. The molecule has 1 nitrogen and oxygen atoms in total. The summed E-state index contributed by atoms with van der Waals surface area (Å²) in [6, 6.07) is 0. The van der Waals surface area contributed by atoms with Crippen molar-refractivity contribution in [3.8, 4) is 0 Å². The summed E-state index contributed by atoms with van der Waals surface area (Å²) >= 11 is -0.0887. The van der Waals surface area contributed by atoms with E-state index < -0.39 is 0 Å². The van der Waals surface area contributed by atoms with Gasteiger partial charge in [-0.3, -0.25) is 0 Å². The maximum atomic E-state index is 5.21. The molecule has 2 heteroatoms. The van der Waals surface area contributed by atoms with E-state index in [-0.39, 0.29) is 15.6 Å².